The first-order chi connectivity index (χ1) is 14.2. The zero-order valence-electron chi connectivity index (χ0n) is 16.8. The molecule has 3 nitrogen and oxygen atoms in total. The fourth-order valence-corrected chi connectivity index (χ4v) is 5.40. The van der Waals surface area contributed by atoms with E-state index in [0.717, 1.165) is 37.0 Å². The van der Waals surface area contributed by atoms with E-state index in [1.54, 1.807) is 0 Å². The van der Waals surface area contributed by atoms with Crippen LogP contribution in [0.15, 0.2) is 79.5 Å². The number of aliphatic hydroxyl groups is 1. The molecule has 3 aliphatic heterocycles. The highest BCUT2D eigenvalue weighted by molar-refractivity contribution is 5.79. The van der Waals surface area contributed by atoms with Crippen LogP contribution in [-0.2, 0) is 6.54 Å². The number of aromatic nitrogens is 1. The van der Waals surface area contributed by atoms with Gasteiger partial charge in [-0.3, -0.25) is 4.90 Å². The number of benzene rings is 2. The summed E-state index contributed by atoms with van der Waals surface area (Å²) in [5.74, 6) is 1.24. The number of para-hydroxylation sites is 1. The first-order valence-corrected chi connectivity index (χ1v) is 10.7. The molecular weight excluding hydrogens is 356 g/mol. The molecule has 3 heteroatoms. The molecule has 1 N–H and O–H groups in total. The van der Waals surface area contributed by atoms with E-state index in [-0.39, 0.29) is 6.04 Å². The lowest BCUT2D eigenvalue weighted by atomic mass is 9.73. The van der Waals surface area contributed by atoms with E-state index < -0.39 is 6.10 Å². The second kappa shape index (κ2) is 7.74. The number of piperidine rings is 3. The predicted molar refractivity (Wildman–Crippen MR) is 116 cm³/mol. The lowest BCUT2D eigenvalue weighted by Gasteiger charge is -2.50. The third kappa shape index (κ3) is 3.39. The van der Waals surface area contributed by atoms with E-state index in [0.29, 0.717) is 11.8 Å². The molecule has 5 atom stereocenters. The maximum atomic E-state index is 11.4. The van der Waals surface area contributed by atoms with Crippen LogP contribution in [-0.4, -0.2) is 29.1 Å². The molecule has 3 aromatic rings. The predicted octanol–water partition coefficient (Wildman–Crippen LogP) is 4.11. The minimum Gasteiger partial charge on any atom is -0.387 e. The van der Waals surface area contributed by atoms with Crippen molar-refractivity contribution in [3.8, 4) is 0 Å². The van der Waals surface area contributed by atoms with Gasteiger partial charge in [-0.1, -0.05) is 48.5 Å². The van der Waals surface area contributed by atoms with Crippen molar-refractivity contribution >= 4 is 10.9 Å². The summed E-state index contributed by atoms with van der Waals surface area (Å²) < 4.78 is 2.28. The van der Waals surface area contributed by atoms with Crippen LogP contribution in [0.5, 0.6) is 0 Å². The molecule has 3 saturated heterocycles. The average Bonchev–Trinajstić information content (AvgIpc) is 2.79. The third-order valence-corrected chi connectivity index (χ3v) is 6.99. The van der Waals surface area contributed by atoms with Gasteiger partial charge in [0.2, 0.25) is 5.52 Å². The highest BCUT2D eigenvalue weighted by Crippen LogP contribution is 2.41. The van der Waals surface area contributed by atoms with E-state index in [1.165, 1.54) is 17.5 Å². The van der Waals surface area contributed by atoms with Crippen molar-refractivity contribution in [2.75, 3.05) is 13.1 Å². The molecule has 2 bridgehead atoms. The van der Waals surface area contributed by atoms with Gasteiger partial charge in [0.15, 0.2) is 12.7 Å². The molecule has 4 heterocycles. The molecule has 0 radical (unpaired) electrons. The number of hydrogen-bond donors (Lipinski definition) is 1. The first kappa shape index (κ1) is 18.5. The van der Waals surface area contributed by atoms with E-state index >= 15 is 0 Å². The smallest absolute Gasteiger partial charge is 0.213 e. The Labute approximate surface area is 172 Å². The van der Waals surface area contributed by atoms with Gasteiger partial charge in [-0.25, -0.2) is 0 Å². The van der Waals surface area contributed by atoms with Crippen molar-refractivity contribution in [2.24, 2.45) is 11.8 Å². The summed E-state index contributed by atoms with van der Waals surface area (Å²) in [6.45, 7) is 6.98. The summed E-state index contributed by atoms with van der Waals surface area (Å²) in [6, 6.07) is 21.3. The zero-order chi connectivity index (χ0) is 19.8. The van der Waals surface area contributed by atoms with Crippen molar-refractivity contribution in [3.05, 3.63) is 90.6 Å². The van der Waals surface area contributed by atoms with Gasteiger partial charge in [0.1, 0.15) is 0 Å². The van der Waals surface area contributed by atoms with Crippen LogP contribution in [0.4, 0.5) is 0 Å². The molecule has 29 heavy (non-hydrogen) atoms. The van der Waals surface area contributed by atoms with Crippen molar-refractivity contribution in [3.63, 3.8) is 0 Å². The molecule has 6 rings (SSSR count). The molecular formula is C26H29N2O+. The summed E-state index contributed by atoms with van der Waals surface area (Å²) in [7, 11) is 0. The van der Waals surface area contributed by atoms with Gasteiger partial charge in [0.05, 0.1) is 11.5 Å². The average molecular weight is 386 g/mol. The Balaban J connectivity index is 1.48. The van der Waals surface area contributed by atoms with Gasteiger partial charge in [-0.05, 0) is 37.3 Å². The van der Waals surface area contributed by atoms with Gasteiger partial charge in [0.25, 0.3) is 0 Å². The van der Waals surface area contributed by atoms with E-state index in [9.17, 15) is 5.11 Å². The fraction of sp³-hybridized carbons (Fsp3) is 0.346. The quantitative estimate of drug-likeness (QED) is 0.529. The van der Waals surface area contributed by atoms with Crippen LogP contribution >= 0.6 is 0 Å². The first-order valence-electron chi connectivity index (χ1n) is 10.7. The SMILES string of the molecule is C=C[C@@H]1CN2CC[C@H]1C[C@@H]2[C@H](O)c1cc[n+](Cc2ccccc2)c2ccccc12. The Morgan fingerprint density at radius 2 is 1.90 bits per heavy atom. The third-order valence-electron chi connectivity index (χ3n) is 6.99. The molecule has 2 aromatic carbocycles. The van der Waals surface area contributed by atoms with E-state index in [2.05, 4.69) is 89.0 Å². The van der Waals surface area contributed by atoms with Crippen molar-refractivity contribution < 1.29 is 9.67 Å². The molecule has 3 fully saturated rings. The Morgan fingerprint density at radius 3 is 2.66 bits per heavy atom. The Morgan fingerprint density at radius 1 is 1.10 bits per heavy atom. The van der Waals surface area contributed by atoms with Crippen LogP contribution in [0.3, 0.4) is 0 Å². The van der Waals surface area contributed by atoms with Crippen LogP contribution < -0.4 is 4.57 Å². The van der Waals surface area contributed by atoms with Gasteiger partial charge in [0, 0.05) is 35.8 Å². The van der Waals surface area contributed by atoms with E-state index in [1.807, 2.05) is 0 Å². The molecule has 1 unspecified atom stereocenters. The molecule has 0 saturated carbocycles. The summed E-state index contributed by atoms with van der Waals surface area (Å²) in [4.78, 5) is 2.48. The summed E-state index contributed by atoms with van der Waals surface area (Å²) >= 11 is 0. The lowest BCUT2D eigenvalue weighted by Crippen LogP contribution is -2.54. The number of nitrogens with zero attached hydrogens (tertiary/aromatic N) is 2. The fourth-order valence-electron chi connectivity index (χ4n) is 5.40. The maximum Gasteiger partial charge on any atom is 0.213 e. The largest absolute Gasteiger partial charge is 0.387 e. The second-order valence-corrected chi connectivity index (χ2v) is 8.59. The lowest BCUT2D eigenvalue weighted by molar-refractivity contribution is -0.662. The minimum absolute atomic E-state index is 0.207. The number of pyridine rings is 1. The topological polar surface area (TPSA) is 27.3 Å². The number of rotatable bonds is 5. The number of fused-ring (bicyclic) bond motifs is 4. The zero-order valence-corrected chi connectivity index (χ0v) is 16.8. The monoisotopic (exact) mass is 385 g/mol. The highest BCUT2D eigenvalue weighted by Gasteiger charge is 2.42. The van der Waals surface area contributed by atoms with Gasteiger partial charge >= 0.3 is 0 Å². The van der Waals surface area contributed by atoms with Crippen molar-refractivity contribution in [1.82, 2.24) is 4.90 Å². The molecule has 1 aromatic heterocycles. The standard InChI is InChI=1S/C26H29N2O/c1-2-20-18-28-14-12-21(20)16-25(28)26(29)23-13-15-27(17-19-8-4-3-5-9-19)24-11-7-6-10-22(23)24/h2-11,13,15,20-21,25-26,29H,1,12,14,16-18H2/q+1/t20-,21+,25-,26-/m1/s1. The summed E-state index contributed by atoms with van der Waals surface area (Å²) in [5, 5.41) is 12.6. The Bertz CT molecular complexity index is 1020. The molecule has 3 aliphatic rings. The normalized spacial score (nSPS) is 27.1. The van der Waals surface area contributed by atoms with Gasteiger partial charge < -0.3 is 5.11 Å². The maximum absolute atomic E-state index is 11.4. The number of aliphatic hydroxyl groups excluding tert-OH is 1. The summed E-state index contributed by atoms with van der Waals surface area (Å²) in [6.07, 6.45) is 6.08. The molecule has 148 valence electrons. The molecule has 0 amide bonds. The minimum atomic E-state index is -0.458. The van der Waals surface area contributed by atoms with Crippen LogP contribution in [0.1, 0.15) is 30.1 Å². The Kier molecular flexibility index (Phi) is 4.94. The Hall–Kier alpha value is -2.49. The molecule has 0 aliphatic carbocycles. The van der Waals surface area contributed by atoms with Crippen LogP contribution in [0, 0.1) is 11.8 Å². The molecule has 0 spiro atoms. The van der Waals surface area contributed by atoms with Crippen molar-refractivity contribution in [1.29, 1.82) is 0 Å². The number of hydrogen-bond acceptors (Lipinski definition) is 2. The van der Waals surface area contributed by atoms with Gasteiger partial charge in [-0.2, -0.15) is 4.57 Å². The highest BCUT2D eigenvalue weighted by atomic mass is 16.3. The van der Waals surface area contributed by atoms with Crippen LogP contribution in [0.2, 0.25) is 0 Å². The summed E-state index contributed by atoms with van der Waals surface area (Å²) in [5.41, 5.74) is 3.51. The van der Waals surface area contributed by atoms with E-state index in [4.69, 9.17) is 0 Å². The van der Waals surface area contributed by atoms with Crippen molar-refractivity contribution in [2.45, 2.75) is 31.5 Å². The van der Waals surface area contributed by atoms with Gasteiger partial charge in [-0.15, -0.1) is 6.58 Å². The second-order valence-electron chi connectivity index (χ2n) is 8.59. The van der Waals surface area contributed by atoms with Crippen LogP contribution in [0.25, 0.3) is 10.9 Å².